The predicted octanol–water partition coefficient (Wildman–Crippen LogP) is 7.68. The van der Waals surface area contributed by atoms with E-state index in [9.17, 15) is 4.79 Å². The fraction of sp³-hybridized carbons (Fsp3) is 0.577. The van der Waals surface area contributed by atoms with E-state index in [-0.39, 0.29) is 11.9 Å². The largest absolute Gasteiger partial charge is 0.350 e. The molecule has 2 heteroatoms. The van der Waals surface area contributed by atoms with Crippen LogP contribution in [0.3, 0.4) is 0 Å². The molecule has 0 saturated carbocycles. The van der Waals surface area contributed by atoms with Crippen molar-refractivity contribution >= 4 is 5.91 Å². The molecule has 1 atom stereocenters. The van der Waals surface area contributed by atoms with Crippen LogP contribution < -0.4 is 5.32 Å². The van der Waals surface area contributed by atoms with E-state index in [1.54, 1.807) is 0 Å². The molecule has 0 aromatic heterocycles. The van der Waals surface area contributed by atoms with Crippen molar-refractivity contribution < 1.29 is 4.79 Å². The summed E-state index contributed by atoms with van der Waals surface area (Å²) in [5.41, 5.74) is 1.16. The first-order valence-electron chi connectivity index (χ1n) is 11.4. The van der Waals surface area contributed by atoms with E-state index in [4.69, 9.17) is 0 Å². The van der Waals surface area contributed by atoms with Crippen molar-refractivity contribution in [1.82, 2.24) is 5.32 Å². The molecule has 0 radical (unpaired) electrons. The summed E-state index contributed by atoms with van der Waals surface area (Å²) in [5, 5.41) is 3.09. The Hall–Kier alpha value is -1.83. The van der Waals surface area contributed by atoms with E-state index < -0.39 is 0 Å². The first-order chi connectivity index (χ1) is 13.7. The van der Waals surface area contributed by atoms with Crippen molar-refractivity contribution in [3.05, 3.63) is 60.2 Å². The smallest absolute Gasteiger partial charge is 0.220 e. The van der Waals surface area contributed by atoms with Crippen molar-refractivity contribution in [1.29, 1.82) is 0 Å². The van der Waals surface area contributed by atoms with Crippen LogP contribution in [0.2, 0.25) is 0 Å². The fourth-order valence-electron chi connectivity index (χ4n) is 3.24. The molecule has 1 aromatic carbocycles. The van der Waals surface area contributed by atoms with Gasteiger partial charge in [-0.25, -0.2) is 0 Å². The fourth-order valence-corrected chi connectivity index (χ4v) is 3.24. The first-order valence-corrected chi connectivity index (χ1v) is 11.4. The number of carbonyl (C=O) groups is 1. The van der Waals surface area contributed by atoms with Gasteiger partial charge in [0.25, 0.3) is 0 Å². The van der Waals surface area contributed by atoms with Gasteiger partial charge >= 0.3 is 0 Å². The van der Waals surface area contributed by atoms with Gasteiger partial charge in [-0.15, -0.1) is 0 Å². The van der Waals surface area contributed by atoms with Crippen molar-refractivity contribution in [3.63, 3.8) is 0 Å². The average Bonchev–Trinajstić information content (AvgIpc) is 2.71. The van der Waals surface area contributed by atoms with E-state index in [0.29, 0.717) is 6.42 Å². The van der Waals surface area contributed by atoms with Gasteiger partial charge in [-0.2, -0.15) is 0 Å². The molecule has 1 aromatic rings. The molecule has 156 valence electrons. The van der Waals surface area contributed by atoms with E-state index in [0.717, 1.165) is 24.8 Å². The number of carbonyl (C=O) groups excluding carboxylic acids is 1. The van der Waals surface area contributed by atoms with Gasteiger partial charge in [0.2, 0.25) is 5.91 Å². The number of benzene rings is 1. The highest BCUT2D eigenvalue weighted by atomic mass is 16.1. The molecule has 1 amide bonds. The van der Waals surface area contributed by atoms with E-state index in [1.807, 2.05) is 25.1 Å². The van der Waals surface area contributed by atoms with Gasteiger partial charge < -0.3 is 5.32 Å². The Labute approximate surface area is 173 Å². The van der Waals surface area contributed by atoms with Gasteiger partial charge in [-0.05, 0) is 51.0 Å². The Morgan fingerprint density at radius 3 is 2.14 bits per heavy atom. The van der Waals surface area contributed by atoms with Crippen LogP contribution in [0.15, 0.2) is 54.6 Å². The minimum atomic E-state index is 0.0895. The highest BCUT2D eigenvalue weighted by Crippen LogP contribution is 2.12. The van der Waals surface area contributed by atoms with Crippen LogP contribution in [-0.2, 0) is 4.79 Å². The van der Waals surface area contributed by atoms with Gasteiger partial charge in [0, 0.05) is 6.42 Å². The highest BCUT2D eigenvalue weighted by molar-refractivity contribution is 5.76. The average molecular weight is 384 g/mol. The molecular formula is C26H41NO. The van der Waals surface area contributed by atoms with E-state index in [1.165, 1.54) is 51.4 Å². The summed E-state index contributed by atoms with van der Waals surface area (Å²) in [7, 11) is 0. The van der Waals surface area contributed by atoms with Gasteiger partial charge in [-0.1, -0.05) is 93.7 Å². The molecule has 0 aliphatic heterocycles. The Morgan fingerprint density at radius 1 is 0.857 bits per heavy atom. The number of hydrogen-bond acceptors (Lipinski definition) is 1. The molecule has 2 nitrogen and oxygen atoms in total. The maximum atomic E-state index is 12.0. The number of nitrogens with one attached hydrogen (secondary N) is 1. The number of rotatable bonds is 16. The number of allylic oxidation sites excluding steroid dienone is 4. The van der Waals surface area contributed by atoms with Crippen LogP contribution in [0.5, 0.6) is 0 Å². The third-order valence-electron chi connectivity index (χ3n) is 5.03. The molecule has 0 bridgehead atoms. The molecule has 0 aliphatic carbocycles. The highest BCUT2D eigenvalue weighted by Gasteiger charge is 2.08. The van der Waals surface area contributed by atoms with Crippen LogP contribution in [-0.4, -0.2) is 5.91 Å². The van der Waals surface area contributed by atoms with Crippen molar-refractivity contribution in [2.45, 2.75) is 96.9 Å². The molecule has 0 fully saturated rings. The molecule has 0 heterocycles. The predicted molar refractivity (Wildman–Crippen MR) is 122 cm³/mol. The maximum absolute atomic E-state index is 12.0. The van der Waals surface area contributed by atoms with Gasteiger partial charge in [0.05, 0.1) is 6.04 Å². The molecule has 1 rings (SSSR count). The summed E-state index contributed by atoms with van der Waals surface area (Å²) in [4.78, 5) is 12.0. The zero-order chi connectivity index (χ0) is 20.3. The number of amides is 1. The SMILES string of the molecule is CCCCC/C=C/C/C=C\CCCCCCCC(=O)N[C@@H](C)c1ccccc1. The van der Waals surface area contributed by atoms with E-state index >= 15 is 0 Å². The van der Waals surface area contributed by atoms with Gasteiger partial charge in [0.15, 0.2) is 0 Å². The monoisotopic (exact) mass is 383 g/mol. The third-order valence-corrected chi connectivity index (χ3v) is 5.03. The summed E-state index contributed by atoms with van der Waals surface area (Å²) < 4.78 is 0. The molecule has 0 aliphatic rings. The van der Waals surface area contributed by atoms with Crippen LogP contribution in [0, 0.1) is 0 Å². The lowest BCUT2D eigenvalue weighted by Crippen LogP contribution is -2.26. The third kappa shape index (κ3) is 13.4. The Kier molecular flexibility index (Phi) is 14.9. The van der Waals surface area contributed by atoms with Gasteiger partial charge in [0.1, 0.15) is 0 Å². The van der Waals surface area contributed by atoms with Crippen molar-refractivity contribution in [2.75, 3.05) is 0 Å². The Bertz CT molecular complexity index is 547. The second kappa shape index (κ2) is 17.3. The first kappa shape index (κ1) is 24.2. The second-order valence-corrected chi connectivity index (χ2v) is 7.68. The number of unbranched alkanes of at least 4 members (excludes halogenated alkanes) is 8. The zero-order valence-electron chi connectivity index (χ0n) is 18.2. The molecule has 0 unspecified atom stereocenters. The van der Waals surface area contributed by atoms with Crippen LogP contribution in [0.4, 0.5) is 0 Å². The van der Waals surface area contributed by atoms with Crippen LogP contribution >= 0.6 is 0 Å². The molecule has 28 heavy (non-hydrogen) atoms. The minimum Gasteiger partial charge on any atom is -0.350 e. The summed E-state index contributed by atoms with van der Waals surface area (Å²) in [5.74, 6) is 0.169. The maximum Gasteiger partial charge on any atom is 0.220 e. The summed E-state index contributed by atoms with van der Waals surface area (Å²) >= 11 is 0. The van der Waals surface area contributed by atoms with Crippen LogP contribution in [0.25, 0.3) is 0 Å². The van der Waals surface area contributed by atoms with Crippen molar-refractivity contribution in [2.24, 2.45) is 0 Å². The lowest BCUT2D eigenvalue weighted by Gasteiger charge is -2.14. The Morgan fingerprint density at radius 2 is 1.46 bits per heavy atom. The molecular weight excluding hydrogens is 342 g/mol. The standard InChI is InChI=1S/C26H41NO/c1-3-4-5-6-7-8-9-10-11-12-13-14-15-16-20-23-26(28)27-24(2)25-21-18-17-19-22-25/h7-8,10-11,17-19,21-22,24H,3-6,9,12-16,20,23H2,1-2H3,(H,27,28)/b8-7+,11-10-/t24-/m0/s1. The molecule has 0 saturated heterocycles. The Balaban J connectivity index is 1.92. The summed E-state index contributed by atoms with van der Waals surface area (Å²) in [6.45, 7) is 4.29. The number of hydrogen-bond donors (Lipinski definition) is 1. The quantitative estimate of drug-likeness (QED) is 0.230. The molecule has 1 N–H and O–H groups in total. The lowest BCUT2D eigenvalue weighted by atomic mass is 10.1. The summed E-state index contributed by atoms with van der Waals surface area (Å²) in [6, 6.07) is 10.2. The summed E-state index contributed by atoms with van der Waals surface area (Å²) in [6.07, 6.45) is 23.2. The molecule has 0 spiro atoms. The second-order valence-electron chi connectivity index (χ2n) is 7.68. The zero-order valence-corrected chi connectivity index (χ0v) is 18.2. The lowest BCUT2D eigenvalue weighted by molar-refractivity contribution is -0.121. The van der Waals surface area contributed by atoms with E-state index in [2.05, 4.69) is 48.7 Å². The minimum absolute atomic E-state index is 0.0895. The van der Waals surface area contributed by atoms with Crippen LogP contribution in [0.1, 0.15) is 103 Å². The van der Waals surface area contributed by atoms with Gasteiger partial charge in [-0.3, -0.25) is 4.79 Å². The topological polar surface area (TPSA) is 29.1 Å². The van der Waals surface area contributed by atoms with Crippen molar-refractivity contribution in [3.8, 4) is 0 Å². The normalized spacial score (nSPS) is 12.6.